The van der Waals surface area contributed by atoms with Crippen molar-refractivity contribution in [3.05, 3.63) is 30.0 Å². The molecule has 2 heterocycles. The fourth-order valence-electron chi connectivity index (χ4n) is 3.36. The van der Waals surface area contributed by atoms with Gasteiger partial charge < -0.3 is 20.4 Å². The number of H-pyrrole nitrogens is 1. The summed E-state index contributed by atoms with van der Waals surface area (Å²) in [5.41, 5.74) is 0.935. The van der Waals surface area contributed by atoms with Crippen molar-refractivity contribution in [3.8, 4) is 5.75 Å². The van der Waals surface area contributed by atoms with Crippen LogP contribution in [0.4, 0.5) is 0 Å². The van der Waals surface area contributed by atoms with Crippen molar-refractivity contribution in [2.24, 2.45) is 11.8 Å². The molecule has 0 radical (unpaired) electrons. The number of ketones is 1. The molecule has 0 bridgehead atoms. The second-order valence-corrected chi connectivity index (χ2v) is 11.4. The number of benzene rings is 1. The van der Waals surface area contributed by atoms with Crippen LogP contribution in [0.1, 0.15) is 37.7 Å². The molecule has 1 fully saturated rings. The Morgan fingerprint density at radius 3 is 2.54 bits per heavy atom. The van der Waals surface area contributed by atoms with Crippen LogP contribution >= 0.6 is 11.6 Å². The van der Waals surface area contributed by atoms with E-state index < -0.39 is 39.4 Å². The fraction of sp³-hybridized carbons (Fsp3) is 0.522. The van der Waals surface area contributed by atoms with Gasteiger partial charge in [0.25, 0.3) is 5.91 Å². The van der Waals surface area contributed by atoms with Crippen LogP contribution in [0.25, 0.3) is 10.9 Å². The summed E-state index contributed by atoms with van der Waals surface area (Å²) in [4.78, 5) is 39.6. The maximum absolute atomic E-state index is 12.4. The Balaban J connectivity index is 0.00000100. The molecule has 0 unspecified atom stereocenters. The number of aromatic nitrogens is 1. The molecular formula is C23H33ClN4O6S. The summed E-state index contributed by atoms with van der Waals surface area (Å²) in [6, 6.07) is 6.93. The third kappa shape index (κ3) is 8.22. The standard InChI is InChI=1S/C19H23ClN4O6S.C4H10/c1-30-17-4-2-3-15-14(17)7-16(23-15)19(27)22-8-13(25)10-24(31(28,29)11-20)9-12-5-6-21-18(12)26;1-4(2)3/h2-4,7,12,23H,5-6,8-11H2,1H3,(H,21,26)(H,22,27);4H,1-3H3/t12-;/m0./s1. The van der Waals surface area contributed by atoms with Gasteiger partial charge >= 0.3 is 0 Å². The molecule has 3 rings (SSSR count). The fourth-order valence-corrected chi connectivity index (χ4v) is 4.66. The lowest BCUT2D eigenvalue weighted by molar-refractivity contribution is -0.123. The molecule has 2 aromatic rings. The zero-order valence-electron chi connectivity index (χ0n) is 20.4. The number of rotatable bonds is 10. The first-order chi connectivity index (χ1) is 16.5. The molecule has 1 aliphatic rings. The number of amides is 2. The van der Waals surface area contributed by atoms with Crippen LogP contribution < -0.4 is 15.4 Å². The van der Waals surface area contributed by atoms with E-state index in [0.29, 0.717) is 24.2 Å². The van der Waals surface area contributed by atoms with E-state index >= 15 is 0 Å². The zero-order valence-corrected chi connectivity index (χ0v) is 22.0. The van der Waals surface area contributed by atoms with E-state index in [4.69, 9.17) is 16.3 Å². The Kier molecular flexibility index (Phi) is 10.5. The quantitative estimate of drug-likeness (QED) is 0.404. The summed E-state index contributed by atoms with van der Waals surface area (Å²) in [6.07, 6.45) is 0.474. The number of alkyl halides is 1. The van der Waals surface area contributed by atoms with Crippen LogP contribution in [-0.4, -0.2) is 73.8 Å². The lowest BCUT2D eigenvalue weighted by Gasteiger charge is -2.22. The van der Waals surface area contributed by atoms with Gasteiger partial charge in [-0.15, -0.1) is 11.6 Å². The molecule has 3 N–H and O–H groups in total. The van der Waals surface area contributed by atoms with E-state index in [-0.39, 0.29) is 24.7 Å². The number of nitrogens with one attached hydrogen (secondary N) is 3. The molecule has 12 heteroatoms. The monoisotopic (exact) mass is 528 g/mol. The molecule has 1 aliphatic heterocycles. The normalized spacial score (nSPS) is 15.6. The molecule has 0 saturated carbocycles. The van der Waals surface area contributed by atoms with Gasteiger partial charge in [-0.3, -0.25) is 14.4 Å². The Morgan fingerprint density at radius 2 is 1.97 bits per heavy atom. The van der Waals surface area contributed by atoms with Crippen molar-refractivity contribution in [2.45, 2.75) is 27.2 Å². The maximum Gasteiger partial charge on any atom is 0.268 e. The predicted octanol–water partition coefficient (Wildman–Crippen LogP) is 2.10. The van der Waals surface area contributed by atoms with Crippen LogP contribution in [0.15, 0.2) is 24.3 Å². The highest BCUT2D eigenvalue weighted by Gasteiger charge is 2.32. The molecule has 1 saturated heterocycles. The molecule has 35 heavy (non-hydrogen) atoms. The van der Waals surface area contributed by atoms with Gasteiger partial charge in [-0.1, -0.05) is 26.8 Å². The number of nitrogens with zero attached hydrogens (tertiary/aromatic N) is 1. The number of hydrogen-bond acceptors (Lipinski definition) is 6. The van der Waals surface area contributed by atoms with Crippen LogP contribution in [0.2, 0.25) is 0 Å². The molecule has 1 aromatic carbocycles. The van der Waals surface area contributed by atoms with E-state index in [1.165, 1.54) is 7.11 Å². The van der Waals surface area contributed by atoms with Gasteiger partial charge in [-0.2, -0.15) is 4.31 Å². The second kappa shape index (κ2) is 12.9. The summed E-state index contributed by atoms with van der Waals surface area (Å²) in [7, 11) is -2.39. The molecular weight excluding hydrogens is 496 g/mol. The Hall–Kier alpha value is -2.63. The minimum absolute atomic E-state index is 0.137. The number of sulfonamides is 1. The van der Waals surface area contributed by atoms with Crippen LogP contribution in [-0.2, 0) is 19.6 Å². The van der Waals surface area contributed by atoms with Crippen molar-refractivity contribution in [2.75, 3.05) is 38.5 Å². The SMILES string of the molecule is CC(C)C.COc1cccc2[nH]c(C(=O)NCC(=O)CN(C[C@@H]3CCNC3=O)S(=O)(=O)CCl)cc12. The highest BCUT2D eigenvalue weighted by atomic mass is 35.5. The third-order valence-corrected chi connectivity index (χ3v) is 7.17. The van der Waals surface area contributed by atoms with E-state index in [2.05, 4.69) is 36.4 Å². The second-order valence-electron chi connectivity index (χ2n) is 8.85. The summed E-state index contributed by atoms with van der Waals surface area (Å²) < 4.78 is 30.7. The van der Waals surface area contributed by atoms with Crippen LogP contribution in [0, 0.1) is 11.8 Å². The number of aromatic amines is 1. The van der Waals surface area contributed by atoms with Gasteiger partial charge in [0.2, 0.25) is 15.9 Å². The predicted molar refractivity (Wildman–Crippen MR) is 135 cm³/mol. The number of fused-ring (bicyclic) bond motifs is 1. The van der Waals surface area contributed by atoms with Gasteiger partial charge in [-0.05, 0) is 30.5 Å². The summed E-state index contributed by atoms with van der Waals surface area (Å²) in [5.74, 6) is -0.420. The van der Waals surface area contributed by atoms with Crippen LogP contribution in [0.5, 0.6) is 5.75 Å². The topological polar surface area (TPSA) is 138 Å². The number of carbonyl (C=O) groups excluding carboxylic acids is 3. The molecule has 0 spiro atoms. The first-order valence-electron chi connectivity index (χ1n) is 11.3. The average molecular weight is 529 g/mol. The maximum atomic E-state index is 12.4. The molecule has 2 amide bonds. The molecule has 1 aromatic heterocycles. The van der Waals surface area contributed by atoms with E-state index in [1.807, 2.05) is 0 Å². The van der Waals surface area contributed by atoms with Gasteiger partial charge in [-0.25, -0.2) is 8.42 Å². The highest BCUT2D eigenvalue weighted by Crippen LogP contribution is 2.25. The van der Waals surface area contributed by atoms with Crippen LogP contribution in [0.3, 0.4) is 0 Å². The van der Waals surface area contributed by atoms with Crippen molar-refractivity contribution >= 4 is 50.1 Å². The van der Waals surface area contributed by atoms with Gasteiger partial charge in [0, 0.05) is 24.0 Å². The van der Waals surface area contributed by atoms with Gasteiger partial charge in [0.05, 0.1) is 26.1 Å². The number of ether oxygens (including phenoxy) is 1. The van der Waals surface area contributed by atoms with Crippen molar-refractivity contribution in [3.63, 3.8) is 0 Å². The first-order valence-corrected chi connectivity index (χ1v) is 13.4. The van der Waals surface area contributed by atoms with Gasteiger partial charge in [0.15, 0.2) is 5.78 Å². The highest BCUT2D eigenvalue weighted by molar-refractivity contribution is 7.90. The molecule has 0 aliphatic carbocycles. The molecule has 194 valence electrons. The van der Waals surface area contributed by atoms with Crippen molar-refractivity contribution in [1.82, 2.24) is 19.9 Å². The van der Waals surface area contributed by atoms with E-state index in [9.17, 15) is 22.8 Å². The largest absolute Gasteiger partial charge is 0.496 e. The summed E-state index contributed by atoms with van der Waals surface area (Å²) in [6.45, 7) is 5.95. The summed E-state index contributed by atoms with van der Waals surface area (Å²) in [5, 5.41) is 5.12. The lowest BCUT2D eigenvalue weighted by atomic mass is 10.1. The van der Waals surface area contributed by atoms with E-state index in [0.717, 1.165) is 15.6 Å². The first kappa shape index (κ1) is 28.6. The lowest BCUT2D eigenvalue weighted by Crippen LogP contribution is -2.43. The molecule has 1 atom stereocenters. The average Bonchev–Trinajstić information content (AvgIpc) is 3.42. The third-order valence-electron chi connectivity index (χ3n) is 5.01. The Labute approximate surface area is 210 Å². The number of Topliss-reactive ketones (excluding diaryl/α,β-unsaturated/α-hetero) is 1. The minimum Gasteiger partial charge on any atom is -0.496 e. The van der Waals surface area contributed by atoms with Crippen molar-refractivity contribution in [1.29, 1.82) is 0 Å². The number of carbonyl (C=O) groups is 3. The molecule has 10 nitrogen and oxygen atoms in total. The Bertz CT molecular complexity index is 1150. The van der Waals surface area contributed by atoms with Gasteiger partial charge in [0.1, 0.15) is 16.7 Å². The van der Waals surface area contributed by atoms with E-state index in [1.54, 1.807) is 24.3 Å². The minimum atomic E-state index is -3.92. The summed E-state index contributed by atoms with van der Waals surface area (Å²) >= 11 is 5.54. The smallest absolute Gasteiger partial charge is 0.268 e. The number of halogens is 1. The van der Waals surface area contributed by atoms with Crippen molar-refractivity contribution < 1.29 is 27.5 Å². The zero-order chi connectivity index (χ0) is 26.2. The Morgan fingerprint density at radius 1 is 1.29 bits per heavy atom. The number of hydrogen-bond donors (Lipinski definition) is 3. The number of methoxy groups -OCH3 is 1.